The summed E-state index contributed by atoms with van der Waals surface area (Å²) in [6.45, 7) is 4.81. The van der Waals surface area contributed by atoms with Gasteiger partial charge in [-0.15, -0.1) is 0 Å². The highest BCUT2D eigenvalue weighted by Crippen LogP contribution is 2.28. The zero-order chi connectivity index (χ0) is 14.5. The first-order valence-electron chi connectivity index (χ1n) is 7.15. The van der Waals surface area contributed by atoms with E-state index in [1.165, 1.54) is 19.3 Å². The lowest BCUT2D eigenvalue weighted by Crippen LogP contribution is -2.50. The van der Waals surface area contributed by atoms with Crippen LogP contribution in [0.2, 0.25) is 5.02 Å². The minimum Gasteiger partial charge on any atom is -0.491 e. The summed E-state index contributed by atoms with van der Waals surface area (Å²) >= 11 is 9.38. The number of benzene rings is 1. The molecule has 0 bridgehead atoms. The Morgan fingerprint density at radius 2 is 2.30 bits per heavy atom. The molecule has 0 aromatic heterocycles. The van der Waals surface area contributed by atoms with Crippen LogP contribution in [0, 0.1) is 0 Å². The van der Waals surface area contributed by atoms with E-state index in [1.54, 1.807) is 0 Å². The summed E-state index contributed by atoms with van der Waals surface area (Å²) in [5, 5.41) is 0.706. The third-order valence-corrected chi connectivity index (χ3v) is 4.66. The molecule has 20 heavy (non-hydrogen) atoms. The highest BCUT2D eigenvalue weighted by atomic mass is 79.9. The minimum atomic E-state index is 0.220. The van der Waals surface area contributed by atoms with Crippen LogP contribution in [-0.4, -0.2) is 36.7 Å². The smallest absolute Gasteiger partial charge is 0.133 e. The Labute approximate surface area is 134 Å². The number of likely N-dealkylation sites (tertiary alicyclic amines) is 1. The first-order valence-corrected chi connectivity index (χ1v) is 8.32. The maximum absolute atomic E-state index is 6.08. The molecule has 1 aromatic rings. The quantitative estimate of drug-likeness (QED) is 0.869. The van der Waals surface area contributed by atoms with Gasteiger partial charge in [0.25, 0.3) is 0 Å². The zero-order valence-electron chi connectivity index (χ0n) is 11.8. The van der Waals surface area contributed by atoms with Crippen molar-refractivity contribution in [1.82, 2.24) is 4.90 Å². The lowest BCUT2D eigenvalue weighted by Gasteiger charge is -2.37. The van der Waals surface area contributed by atoms with Crippen molar-refractivity contribution in [2.75, 3.05) is 19.7 Å². The molecule has 0 saturated carbocycles. The lowest BCUT2D eigenvalue weighted by molar-refractivity contribution is 0.109. The number of piperidine rings is 1. The van der Waals surface area contributed by atoms with Crippen LogP contribution in [0.1, 0.15) is 26.2 Å². The molecule has 2 unspecified atom stereocenters. The fourth-order valence-corrected chi connectivity index (χ4v) is 3.55. The van der Waals surface area contributed by atoms with Crippen LogP contribution in [0.5, 0.6) is 5.75 Å². The molecule has 3 nitrogen and oxygen atoms in total. The van der Waals surface area contributed by atoms with Gasteiger partial charge in [-0.05, 0) is 60.4 Å². The Hall–Kier alpha value is -0.290. The Balaban J connectivity index is 1.85. The Kier molecular flexibility index (Phi) is 6.15. The number of nitrogens with zero attached hydrogens (tertiary/aromatic N) is 1. The summed E-state index contributed by atoms with van der Waals surface area (Å²) in [7, 11) is 0. The number of halogens is 2. The van der Waals surface area contributed by atoms with E-state index >= 15 is 0 Å². The summed E-state index contributed by atoms with van der Waals surface area (Å²) in [6, 6.07) is 6.29. The number of ether oxygens (including phenoxy) is 1. The molecule has 1 fully saturated rings. The van der Waals surface area contributed by atoms with E-state index < -0.39 is 0 Å². The van der Waals surface area contributed by atoms with Crippen molar-refractivity contribution in [1.29, 1.82) is 0 Å². The molecule has 2 N–H and O–H groups in total. The van der Waals surface area contributed by atoms with Gasteiger partial charge in [0.2, 0.25) is 0 Å². The molecule has 2 rings (SSSR count). The molecule has 0 radical (unpaired) electrons. The second kappa shape index (κ2) is 7.64. The first kappa shape index (κ1) is 16.1. The fourth-order valence-electron chi connectivity index (χ4n) is 2.75. The van der Waals surface area contributed by atoms with Gasteiger partial charge < -0.3 is 10.5 Å². The number of hydrogen-bond donors (Lipinski definition) is 1. The Morgan fingerprint density at radius 3 is 3.00 bits per heavy atom. The highest BCUT2D eigenvalue weighted by molar-refractivity contribution is 9.10. The van der Waals surface area contributed by atoms with Crippen LogP contribution in [-0.2, 0) is 0 Å². The molecule has 1 heterocycles. The molecule has 1 aliphatic rings. The van der Waals surface area contributed by atoms with Gasteiger partial charge in [0, 0.05) is 23.7 Å². The van der Waals surface area contributed by atoms with E-state index in [-0.39, 0.29) is 6.04 Å². The van der Waals surface area contributed by atoms with Gasteiger partial charge in [-0.1, -0.05) is 18.0 Å². The molecular weight excluding hydrogens is 340 g/mol. The molecule has 0 amide bonds. The molecule has 1 saturated heterocycles. The van der Waals surface area contributed by atoms with Crippen LogP contribution < -0.4 is 10.5 Å². The average Bonchev–Trinajstić information content (AvgIpc) is 2.41. The van der Waals surface area contributed by atoms with E-state index in [1.807, 2.05) is 18.2 Å². The van der Waals surface area contributed by atoms with E-state index in [9.17, 15) is 0 Å². The number of nitrogens with two attached hydrogens (primary N) is 1. The van der Waals surface area contributed by atoms with E-state index in [2.05, 4.69) is 27.8 Å². The van der Waals surface area contributed by atoms with Gasteiger partial charge >= 0.3 is 0 Å². The largest absolute Gasteiger partial charge is 0.491 e. The van der Waals surface area contributed by atoms with Crippen molar-refractivity contribution in [2.45, 2.75) is 38.3 Å². The fraction of sp³-hybridized carbons (Fsp3) is 0.600. The van der Waals surface area contributed by atoms with Gasteiger partial charge in [0.15, 0.2) is 0 Å². The average molecular weight is 362 g/mol. The second-order valence-corrected chi connectivity index (χ2v) is 6.67. The van der Waals surface area contributed by atoms with E-state index in [4.69, 9.17) is 22.1 Å². The normalized spacial score (nSPS) is 21.7. The maximum atomic E-state index is 6.08. The number of rotatable bonds is 5. The van der Waals surface area contributed by atoms with Crippen LogP contribution in [0.4, 0.5) is 0 Å². The van der Waals surface area contributed by atoms with Crippen LogP contribution in [0.15, 0.2) is 22.7 Å². The summed E-state index contributed by atoms with van der Waals surface area (Å²) in [6.07, 6.45) is 3.74. The van der Waals surface area contributed by atoms with E-state index in [0.717, 1.165) is 23.3 Å². The van der Waals surface area contributed by atoms with Crippen molar-refractivity contribution in [3.63, 3.8) is 0 Å². The summed E-state index contributed by atoms with van der Waals surface area (Å²) < 4.78 is 6.73. The summed E-state index contributed by atoms with van der Waals surface area (Å²) in [5.74, 6) is 0.837. The third-order valence-electron chi connectivity index (χ3n) is 3.80. The van der Waals surface area contributed by atoms with E-state index in [0.29, 0.717) is 17.7 Å². The van der Waals surface area contributed by atoms with Crippen LogP contribution in [0.25, 0.3) is 0 Å². The summed E-state index contributed by atoms with van der Waals surface area (Å²) in [4.78, 5) is 2.46. The molecule has 0 aliphatic carbocycles. The standard InChI is InChI=1S/C15H22BrClN2O/c1-11(18)14-4-2-3-7-19(14)8-9-20-15-6-5-12(17)10-13(15)16/h5-6,10-11,14H,2-4,7-9,18H2,1H3. The van der Waals surface area contributed by atoms with Gasteiger partial charge in [0.1, 0.15) is 12.4 Å². The van der Waals surface area contributed by atoms with Crippen molar-refractivity contribution < 1.29 is 4.74 Å². The summed E-state index contributed by atoms with van der Waals surface area (Å²) in [5.41, 5.74) is 6.08. The van der Waals surface area contributed by atoms with Crippen LogP contribution in [0.3, 0.4) is 0 Å². The van der Waals surface area contributed by atoms with Crippen molar-refractivity contribution in [2.24, 2.45) is 5.73 Å². The molecule has 1 aromatic carbocycles. The molecule has 0 spiro atoms. The van der Waals surface area contributed by atoms with Gasteiger partial charge in [0.05, 0.1) is 4.47 Å². The van der Waals surface area contributed by atoms with Crippen molar-refractivity contribution in [3.05, 3.63) is 27.7 Å². The molecule has 5 heteroatoms. The molecule has 112 valence electrons. The van der Waals surface area contributed by atoms with Gasteiger partial charge in [-0.3, -0.25) is 4.90 Å². The zero-order valence-corrected chi connectivity index (χ0v) is 14.2. The lowest BCUT2D eigenvalue weighted by atomic mass is 9.97. The molecule has 1 aliphatic heterocycles. The van der Waals surface area contributed by atoms with Crippen molar-refractivity contribution >= 4 is 27.5 Å². The Bertz CT molecular complexity index is 442. The maximum Gasteiger partial charge on any atom is 0.133 e. The topological polar surface area (TPSA) is 38.5 Å². The Morgan fingerprint density at radius 1 is 1.50 bits per heavy atom. The minimum absolute atomic E-state index is 0.220. The predicted molar refractivity (Wildman–Crippen MR) is 87.5 cm³/mol. The van der Waals surface area contributed by atoms with Crippen LogP contribution >= 0.6 is 27.5 Å². The van der Waals surface area contributed by atoms with Gasteiger partial charge in [-0.25, -0.2) is 0 Å². The SMILES string of the molecule is CC(N)C1CCCCN1CCOc1ccc(Cl)cc1Br. The second-order valence-electron chi connectivity index (χ2n) is 5.38. The monoisotopic (exact) mass is 360 g/mol. The highest BCUT2D eigenvalue weighted by Gasteiger charge is 2.24. The number of hydrogen-bond acceptors (Lipinski definition) is 3. The van der Waals surface area contributed by atoms with Crippen molar-refractivity contribution in [3.8, 4) is 5.75 Å². The molecule has 2 atom stereocenters. The first-order chi connectivity index (χ1) is 9.58. The van der Waals surface area contributed by atoms with Gasteiger partial charge in [-0.2, -0.15) is 0 Å². The molecular formula is C15H22BrClN2O. The predicted octanol–water partition coefficient (Wildman–Crippen LogP) is 3.68. The third kappa shape index (κ3) is 4.35.